The predicted molar refractivity (Wildman–Crippen MR) is 89.0 cm³/mol. The lowest BCUT2D eigenvalue weighted by Crippen LogP contribution is -2.35. The Bertz CT molecular complexity index is 655. The number of alkyl halides is 1. The van der Waals surface area contributed by atoms with Crippen molar-refractivity contribution in [3.05, 3.63) is 35.5 Å². The number of likely N-dealkylation sites (tertiary alicyclic amines) is 1. The molecule has 0 spiro atoms. The van der Waals surface area contributed by atoms with E-state index in [4.69, 9.17) is 0 Å². The molecule has 0 amide bonds. The Balaban J connectivity index is 1.84. The van der Waals surface area contributed by atoms with Crippen molar-refractivity contribution in [3.63, 3.8) is 0 Å². The molecule has 1 unspecified atom stereocenters. The lowest BCUT2D eigenvalue weighted by Gasteiger charge is -2.37. The standard InChI is InChI=1S/C19H25FN2/c20-11-14-22-16-8-3-2-7-15(16)19-17(9-6-10-18(19)22)21-12-4-1-5-13-21/h2-3,7-8,17H,1,4-6,9-14H2. The Morgan fingerprint density at radius 1 is 1.05 bits per heavy atom. The van der Waals surface area contributed by atoms with E-state index >= 15 is 0 Å². The summed E-state index contributed by atoms with van der Waals surface area (Å²) < 4.78 is 15.3. The Hall–Kier alpha value is -1.35. The SMILES string of the molecule is FCCn1c2c(c3ccccc31)C(N1CCCCC1)CCC2. The molecular formula is C19H25FN2. The van der Waals surface area contributed by atoms with Crippen LogP contribution in [-0.2, 0) is 13.0 Å². The van der Waals surface area contributed by atoms with Crippen molar-refractivity contribution in [2.24, 2.45) is 0 Å². The van der Waals surface area contributed by atoms with E-state index in [2.05, 4.69) is 33.7 Å². The van der Waals surface area contributed by atoms with Crippen LogP contribution in [0.25, 0.3) is 10.9 Å². The van der Waals surface area contributed by atoms with Crippen LogP contribution in [0.3, 0.4) is 0 Å². The highest BCUT2D eigenvalue weighted by atomic mass is 19.1. The molecule has 1 aliphatic carbocycles. The van der Waals surface area contributed by atoms with Crippen molar-refractivity contribution >= 4 is 10.9 Å². The molecule has 0 bridgehead atoms. The topological polar surface area (TPSA) is 8.17 Å². The van der Waals surface area contributed by atoms with Crippen LogP contribution >= 0.6 is 0 Å². The third kappa shape index (κ3) is 2.26. The van der Waals surface area contributed by atoms with Crippen molar-refractivity contribution in [1.29, 1.82) is 0 Å². The molecule has 1 aliphatic heterocycles. The number of rotatable bonds is 3. The van der Waals surface area contributed by atoms with Gasteiger partial charge in [0.2, 0.25) is 0 Å². The van der Waals surface area contributed by atoms with Crippen molar-refractivity contribution in [2.45, 2.75) is 51.1 Å². The Morgan fingerprint density at radius 2 is 1.86 bits per heavy atom. The zero-order chi connectivity index (χ0) is 14.9. The fraction of sp³-hybridized carbons (Fsp3) is 0.579. The predicted octanol–water partition coefficient (Wildman–Crippen LogP) is 4.47. The van der Waals surface area contributed by atoms with Crippen molar-refractivity contribution in [1.82, 2.24) is 9.47 Å². The van der Waals surface area contributed by atoms with E-state index in [1.165, 1.54) is 67.4 Å². The van der Waals surface area contributed by atoms with E-state index in [0.717, 1.165) is 6.42 Å². The van der Waals surface area contributed by atoms with Crippen molar-refractivity contribution in [3.8, 4) is 0 Å². The lowest BCUT2D eigenvalue weighted by atomic mass is 9.88. The average Bonchev–Trinajstić information content (AvgIpc) is 2.91. The van der Waals surface area contributed by atoms with Gasteiger partial charge >= 0.3 is 0 Å². The number of hydrogen-bond acceptors (Lipinski definition) is 1. The van der Waals surface area contributed by atoms with E-state index in [1.807, 2.05) is 0 Å². The first-order valence-corrected chi connectivity index (χ1v) is 8.80. The van der Waals surface area contributed by atoms with Gasteiger partial charge in [-0.3, -0.25) is 4.90 Å². The Morgan fingerprint density at radius 3 is 2.68 bits per heavy atom. The van der Waals surface area contributed by atoms with Gasteiger partial charge in [-0.05, 0) is 56.8 Å². The maximum Gasteiger partial charge on any atom is 0.107 e. The fourth-order valence-electron chi connectivity index (χ4n) is 4.57. The molecule has 1 aromatic carbocycles. The van der Waals surface area contributed by atoms with Gasteiger partial charge in [0.25, 0.3) is 0 Å². The second kappa shape index (κ2) is 6.04. The summed E-state index contributed by atoms with van der Waals surface area (Å²) in [5.74, 6) is 0. The highest BCUT2D eigenvalue weighted by Gasteiger charge is 2.31. The van der Waals surface area contributed by atoms with Gasteiger partial charge in [-0.2, -0.15) is 0 Å². The molecule has 1 aromatic heterocycles. The Kier molecular flexibility index (Phi) is 3.91. The highest BCUT2D eigenvalue weighted by Crippen LogP contribution is 2.41. The van der Waals surface area contributed by atoms with Gasteiger partial charge in [-0.1, -0.05) is 24.6 Å². The van der Waals surface area contributed by atoms with E-state index in [0.29, 0.717) is 12.6 Å². The minimum absolute atomic E-state index is 0.278. The van der Waals surface area contributed by atoms with Crippen LogP contribution in [0.5, 0.6) is 0 Å². The summed E-state index contributed by atoms with van der Waals surface area (Å²) in [4.78, 5) is 2.69. The van der Waals surface area contributed by atoms with Crippen LogP contribution in [-0.4, -0.2) is 29.2 Å². The average molecular weight is 300 g/mol. The smallest absolute Gasteiger partial charge is 0.107 e. The summed E-state index contributed by atoms with van der Waals surface area (Å²) in [6.45, 7) is 2.68. The van der Waals surface area contributed by atoms with Crippen molar-refractivity contribution in [2.75, 3.05) is 19.8 Å². The molecular weight excluding hydrogens is 275 g/mol. The zero-order valence-corrected chi connectivity index (χ0v) is 13.2. The van der Waals surface area contributed by atoms with Gasteiger partial charge < -0.3 is 4.57 Å². The van der Waals surface area contributed by atoms with Crippen LogP contribution in [0.15, 0.2) is 24.3 Å². The number of nitrogens with zero attached hydrogens (tertiary/aromatic N) is 2. The molecule has 2 aliphatic rings. The summed E-state index contributed by atoms with van der Waals surface area (Å²) in [6, 6.07) is 9.17. The number of aryl methyl sites for hydroxylation is 1. The summed E-state index contributed by atoms with van der Waals surface area (Å²) >= 11 is 0. The number of hydrogen-bond donors (Lipinski definition) is 0. The van der Waals surface area contributed by atoms with Gasteiger partial charge in [-0.15, -0.1) is 0 Å². The molecule has 0 saturated carbocycles. The van der Waals surface area contributed by atoms with Crippen molar-refractivity contribution < 1.29 is 4.39 Å². The van der Waals surface area contributed by atoms with Gasteiger partial charge in [0.1, 0.15) is 6.67 Å². The van der Waals surface area contributed by atoms with E-state index in [9.17, 15) is 4.39 Å². The van der Waals surface area contributed by atoms with Gasteiger partial charge in [-0.25, -0.2) is 4.39 Å². The second-order valence-corrected chi connectivity index (χ2v) is 6.72. The first kappa shape index (κ1) is 14.3. The maximum absolute atomic E-state index is 13.1. The number of para-hydroxylation sites is 1. The first-order chi connectivity index (χ1) is 10.9. The lowest BCUT2D eigenvalue weighted by molar-refractivity contribution is 0.149. The molecule has 1 atom stereocenters. The molecule has 22 heavy (non-hydrogen) atoms. The molecule has 2 aromatic rings. The number of aromatic nitrogens is 1. The van der Waals surface area contributed by atoms with Crippen LogP contribution < -0.4 is 0 Å². The first-order valence-electron chi connectivity index (χ1n) is 8.80. The number of fused-ring (bicyclic) bond motifs is 3. The third-order valence-electron chi connectivity index (χ3n) is 5.49. The maximum atomic E-state index is 13.1. The molecule has 4 rings (SSSR count). The quantitative estimate of drug-likeness (QED) is 0.811. The van der Waals surface area contributed by atoms with E-state index in [-0.39, 0.29) is 6.67 Å². The van der Waals surface area contributed by atoms with Crippen LogP contribution in [0.1, 0.15) is 49.4 Å². The van der Waals surface area contributed by atoms with Gasteiger partial charge in [0.05, 0.1) is 6.54 Å². The fourth-order valence-corrected chi connectivity index (χ4v) is 4.57. The summed E-state index contributed by atoms with van der Waals surface area (Å²) in [5, 5.41) is 1.36. The highest BCUT2D eigenvalue weighted by molar-refractivity contribution is 5.86. The van der Waals surface area contributed by atoms with Crippen LogP contribution in [0.4, 0.5) is 4.39 Å². The molecule has 0 N–H and O–H groups in total. The second-order valence-electron chi connectivity index (χ2n) is 6.72. The zero-order valence-electron chi connectivity index (χ0n) is 13.2. The number of halogens is 1. The minimum atomic E-state index is -0.278. The Labute approximate surface area is 131 Å². The minimum Gasteiger partial charge on any atom is -0.342 e. The molecule has 118 valence electrons. The number of benzene rings is 1. The summed E-state index contributed by atoms with van der Waals surface area (Å²) in [6.07, 6.45) is 7.63. The normalized spacial score (nSPS) is 22.9. The third-order valence-corrected chi connectivity index (χ3v) is 5.49. The van der Waals surface area contributed by atoms with Crippen LogP contribution in [0.2, 0.25) is 0 Å². The summed E-state index contributed by atoms with van der Waals surface area (Å²) in [5.41, 5.74) is 4.15. The van der Waals surface area contributed by atoms with Crippen LogP contribution in [0, 0.1) is 0 Å². The van der Waals surface area contributed by atoms with Gasteiger partial charge in [0.15, 0.2) is 0 Å². The number of piperidine rings is 1. The summed E-state index contributed by atoms with van der Waals surface area (Å²) in [7, 11) is 0. The molecule has 0 radical (unpaired) electrons. The van der Waals surface area contributed by atoms with Gasteiger partial charge in [0, 0.05) is 22.6 Å². The van der Waals surface area contributed by atoms with E-state index < -0.39 is 0 Å². The molecule has 2 heterocycles. The molecule has 1 fully saturated rings. The molecule has 2 nitrogen and oxygen atoms in total. The molecule has 3 heteroatoms. The molecule has 1 saturated heterocycles. The monoisotopic (exact) mass is 300 g/mol. The largest absolute Gasteiger partial charge is 0.342 e. The van der Waals surface area contributed by atoms with E-state index in [1.54, 1.807) is 0 Å².